The van der Waals surface area contributed by atoms with E-state index in [9.17, 15) is 5.11 Å². The Bertz CT molecular complexity index is 1100. The summed E-state index contributed by atoms with van der Waals surface area (Å²) < 4.78 is 0. The zero-order valence-electron chi connectivity index (χ0n) is 14.7. The number of phenolic OH excluding ortho intramolecular Hbond substituents is 1. The zero-order valence-corrected chi connectivity index (χ0v) is 15.5. The van der Waals surface area contributed by atoms with Gasteiger partial charge < -0.3 is 10.4 Å². The van der Waals surface area contributed by atoms with Gasteiger partial charge in [0.2, 0.25) is 0 Å². The van der Waals surface area contributed by atoms with Crippen molar-refractivity contribution in [1.82, 2.24) is 9.97 Å². The van der Waals surface area contributed by atoms with Crippen LogP contribution in [0.15, 0.2) is 72.9 Å². The highest BCUT2D eigenvalue weighted by atomic mass is 35.5. The minimum absolute atomic E-state index is 0.154. The van der Waals surface area contributed by atoms with Gasteiger partial charge in [-0.2, -0.15) is 0 Å². The summed E-state index contributed by atoms with van der Waals surface area (Å²) >= 11 is 6.13. The first-order chi connectivity index (χ1) is 13.1. The lowest BCUT2D eigenvalue weighted by Crippen LogP contribution is -2.14. The van der Waals surface area contributed by atoms with E-state index in [1.165, 1.54) is 0 Å². The fraction of sp³-hybridized carbons (Fsp3) is 0.0909. The van der Waals surface area contributed by atoms with Crippen LogP contribution in [-0.2, 0) is 0 Å². The van der Waals surface area contributed by atoms with Crippen molar-refractivity contribution in [3.63, 3.8) is 0 Å². The van der Waals surface area contributed by atoms with E-state index in [2.05, 4.69) is 15.3 Å². The first-order valence-corrected chi connectivity index (χ1v) is 9.02. The number of hydrogen-bond acceptors (Lipinski definition) is 4. The lowest BCUT2D eigenvalue weighted by molar-refractivity contribution is 0.471. The second-order valence-electron chi connectivity index (χ2n) is 6.37. The Balaban J connectivity index is 1.86. The van der Waals surface area contributed by atoms with E-state index in [-0.39, 0.29) is 11.8 Å². The van der Waals surface area contributed by atoms with Crippen LogP contribution >= 0.6 is 11.6 Å². The summed E-state index contributed by atoms with van der Waals surface area (Å²) in [4.78, 5) is 9.00. The van der Waals surface area contributed by atoms with Gasteiger partial charge in [-0.15, -0.1) is 0 Å². The Hall–Kier alpha value is -3.11. The lowest BCUT2D eigenvalue weighted by Gasteiger charge is -2.22. The molecule has 0 unspecified atom stereocenters. The predicted molar refractivity (Wildman–Crippen MR) is 109 cm³/mol. The quantitative estimate of drug-likeness (QED) is 0.494. The number of pyridine rings is 2. The minimum Gasteiger partial charge on any atom is -0.505 e. The molecule has 4 nitrogen and oxygen atoms in total. The van der Waals surface area contributed by atoms with Crippen molar-refractivity contribution in [3.8, 4) is 5.75 Å². The summed E-state index contributed by atoms with van der Waals surface area (Å²) in [5, 5.41) is 16.0. The van der Waals surface area contributed by atoms with Crippen molar-refractivity contribution in [1.29, 1.82) is 0 Å². The average Bonchev–Trinajstić information content (AvgIpc) is 2.68. The van der Waals surface area contributed by atoms with Gasteiger partial charge in [-0.05, 0) is 43.3 Å². The molecule has 27 heavy (non-hydrogen) atoms. The maximum atomic E-state index is 11.0. The van der Waals surface area contributed by atoms with Crippen LogP contribution in [0.4, 0.5) is 5.69 Å². The molecule has 0 radical (unpaired) electrons. The fourth-order valence-corrected chi connectivity index (χ4v) is 3.31. The maximum absolute atomic E-state index is 11.0. The number of anilines is 1. The third-order valence-electron chi connectivity index (χ3n) is 4.44. The molecule has 2 N–H and O–H groups in total. The van der Waals surface area contributed by atoms with E-state index in [1.54, 1.807) is 6.20 Å². The Kier molecular flexibility index (Phi) is 4.65. The second kappa shape index (κ2) is 7.25. The molecular weight excluding hydrogens is 358 g/mol. The fourth-order valence-electron chi connectivity index (χ4n) is 3.12. The number of benzene rings is 2. The molecule has 0 aliphatic rings. The van der Waals surface area contributed by atoms with Gasteiger partial charge in [-0.25, -0.2) is 4.98 Å². The summed E-state index contributed by atoms with van der Waals surface area (Å²) in [6, 6.07) is 20.6. The van der Waals surface area contributed by atoms with Gasteiger partial charge >= 0.3 is 0 Å². The molecule has 134 valence electrons. The number of halogens is 1. The van der Waals surface area contributed by atoms with E-state index in [0.717, 1.165) is 22.5 Å². The number of aromatic hydroxyl groups is 1. The molecule has 0 amide bonds. The molecule has 0 bridgehead atoms. The Morgan fingerprint density at radius 1 is 1.00 bits per heavy atom. The maximum Gasteiger partial charge on any atom is 0.147 e. The standard InChI is InChI=1S/C22H18ClN3O/c1-14-8-9-15-10-11-18(22(27)20(15)25-14)21(19-7-2-3-12-24-19)26-17-6-4-5-16(23)13-17/h2-13,21,26-27H,1H3/t21-/m0/s1. The highest BCUT2D eigenvalue weighted by Crippen LogP contribution is 2.36. The number of aromatic nitrogens is 2. The summed E-state index contributed by atoms with van der Waals surface area (Å²) in [6.07, 6.45) is 1.74. The highest BCUT2D eigenvalue weighted by Gasteiger charge is 2.21. The Morgan fingerprint density at radius 3 is 2.63 bits per heavy atom. The first kappa shape index (κ1) is 17.3. The summed E-state index contributed by atoms with van der Waals surface area (Å²) in [5.41, 5.74) is 3.78. The van der Waals surface area contributed by atoms with E-state index >= 15 is 0 Å². The zero-order chi connectivity index (χ0) is 18.8. The van der Waals surface area contributed by atoms with Crippen molar-refractivity contribution in [2.45, 2.75) is 13.0 Å². The van der Waals surface area contributed by atoms with Gasteiger partial charge in [-0.3, -0.25) is 4.98 Å². The van der Waals surface area contributed by atoms with E-state index in [0.29, 0.717) is 16.1 Å². The third-order valence-corrected chi connectivity index (χ3v) is 4.67. The minimum atomic E-state index is -0.351. The van der Waals surface area contributed by atoms with Gasteiger partial charge in [0.25, 0.3) is 0 Å². The summed E-state index contributed by atoms with van der Waals surface area (Å²) in [5.74, 6) is 0.154. The molecule has 4 aromatic rings. The van der Waals surface area contributed by atoms with Crippen molar-refractivity contribution < 1.29 is 5.11 Å². The SMILES string of the molecule is Cc1ccc2ccc([C@H](Nc3cccc(Cl)c3)c3ccccn3)c(O)c2n1. The van der Waals surface area contributed by atoms with E-state index in [1.807, 2.05) is 73.7 Å². The molecule has 2 aromatic heterocycles. The molecular formula is C22H18ClN3O. The molecule has 0 aliphatic carbocycles. The van der Waals surface area contributed by atoms with E-state index in [4.69, 9.17) is 11.6 Å². The van der Waals surface area contributed by atoms with Gasteiger partial charge in [0.15, 0.2) is 0 Å². The molecule has 2 aromatic carbocycles. The van der Waals surface area contributed by atoms with Crippen LogP contribution < -0.4 is 5.32 Å². The molecule has 4 rings (SSSR count). The molecule has 0 saturated carbocycles. The predicted octanol–water partition coefficient (Wildman–Crippen LogP) is 5.50. The van der Waals surface area contributed by atoms with Gasteiger partial charge in [0.1, 0.15) is 11.3 Å². The second-order valence-corrected chi connectivity index (χ2v) is 6.81. The van der Waals surface area contributed by atoms with Crippen molar-refractivity contribution >= 4 is 28.2 Å². The van der Waals surface area contributed by atoms with Gasteiger partial charge in [-0.1, -0.05) is 41.9 Å². The van der Waals surface area contributed by atoms with Gasteiger partial charge in [0.05, 0.1) is 11.7 Å². The van der Waals surface area contributed by atoms with Crippen LogP contribution in [0.3, 0.4) is 0 Å². The summed E-state index contributed by atoms with van der Waals surface area (Å²) in [6.45, 7) is 1.91. The Morgan fingerprint density at radius 2 is 1.85 bits per heavy atom. The molecule has 0 aliphatic heterocycles. The van der Waals surface area contributed by atoms with Crippen LogP contribution in [0.2, 0.25) is 5.02 Å². The van der Waals surface area contributed by atoms with Crippen LogP contribution in [0.5, 0.6) is 5.75 Å². The lowest BCUT2D eigenvalue weighted by atomic mass is 9.99. The molecule has 0 fully saturated rings. The van der Waals surface area contributed by atoms with Crippen LogP contribution in [-0.4, -0.2) is 15.1 Å². The normalized spacial score (nSPS) is 12.1. The number of rotatable bonds is 4. The molecule has 0 saturated heterocycles. The molecule has 0 spiro atoms. The first-order valence-electron chi connectivity index (χ1n) is 8.64. The smallest absolute Gasteiger partial charge is 0.147 e. The van der Waals surface area contributed by atoms with Crippen LogP contribution in [0.1, 0.15) is 23.0 Å². The highest BCUT2D eigenvalue weighted by molar-refractivity contribution is 6.30. The number of phenols is 1. The monoisotopic (exact) mass is 375 g/mol. The molecule has 2 heterocycles. The average molecular weight is 376 g/mol. The molecule has 1 atom stereocenters. The topological polar surface area (TPSA) is 58.0 Å². The Labute approximate surface area is 162 Å². The third kappa shape index (κ3) is 3.57. The van der Waals surface area contributed by atoms with Crippen molar-refractivity contribution in [2.24, 2.45) is 0 Å². The van der Waals surface area contributed by atoms with Crippen LogP contribution in [0, 0.1) is 6.92 Å². The number of hydrogen-bond donors (Lipinski definition) is 2. The van der Waals surface area contributed by atoms with Crippen molar-refractivity contribution in [3.05, 3.63) is 94.9 Å². The van der Waals surface area contributed by atoms with Crippen molar-refractivity contribution in [2.75, 3.05) is 5.32 Å². The van der Waals surface area contributed by atoms with Gasteiger partial charge in [0, 0.05) is 33.6 Å². The van der Waals surface area contributed by atoms with E-state index < -0.39 is 0 Å². The number of nitrogens with one attached hydrogen (secondary N) is 1. The van der Waals surface area contributed by atoms with Crippen LogP contribution in [0.25, 0.3) is 10.9 Å². The number of nitrogens with zero attached hydrogens (tertiary/aromatic N) is 2. The molecule has 5 heteroatoms. The largest absolute Gasteiger partial charge is 0.505 e. The number of fused-ring (bicyclic) bond motifs is 1. The number of aryl methyl sites for hydroxylation is 1. The summed E-state index contributed by atoms with van der Waals surface area (Å²) in [7, 11) is 0.